The van der Waals surface area contributed by atoms with Crippen LogP contribution < -0.4 is 5.73 Å². The highest BCUT2D eigenvalue weighted by Gasteiger charge is 2.28. The van der Waals surface area contributed by atoms with E-state index < -0.39 is 0 Å². The quantitative estimate of drug-likeness (QED) is 0.845. The van der Waals surface area contributed by atoms with Crippen molar-refractivity contribution in [3.63, 3.8) is 0 Å². The minimum atomic E-state index is 0.00361. The zero-order chi connectivity index (χ0) is 11.7. The normalized spacial score (nSPS) is 19.3. The van der Waals surface area contributed by atoms with Gasteiger partial charge in [0.15, 0.2) is 0 Å². The van der Waals surface area contributed by atoms with Gasteiger partial charge in [0, 0.05) is 7.05 Å². The van der Waals surface area contributed by atoms with Gasteiger partial charge in [0.1, 0.15) is 0 Å². The Labute approximate surface area is 99.5 Å². The van der Waals surface area contributed by atoms with Crippen LogP contribution in [0.15, 0.2) is 0 Å². The summed E-state index contributed by atoms with van der Waals surface area (Å²) in [6.45, 7) is 2.10. The predicted octanol–water partition coefficient (Wildman–Crippen LogP) is 1.25. The van der Waals surface area contributed by atoms with Gasteiger partial charge in [-0.3, -0.25) is 4.79 Å². The fraction of sp³-hybridized carbons (Fsp3) is 0.636. The first-order chi connectivity index (χ1) is 7.63. The van der Waals surface area contributed by atoms with Gasteiger partial charge in [-0.1, -0.05) is 0 Å². The van der Waals surface area contributed by atoms with Crippen LogP contribution in [0.2, 0.25) is 0 Å². The molecule has 1 aliphatic rings. The Morgan fingerprint density at radius 1 is 1.69 bits per heavy atom. The van der Waals surface area contributed by atoms with E-state index in [9.17, 15) is 4.79 Å². The van der Waals surface area contributed by atoms with Gasteiger partial charge in [-0.15, -0.1) is 11.3 Å². The van der Waals surface area contributed by atoms with Gasteiger partial charge >= 0.3 is 0 Å². The molecule has 1 amide bonds. The summed E-state index contributed by atoms with van der Waals surface area (Å²) >= 11 is 1.71. The van der Waals surface area contributed by atoms with E-state index in [1.54, 1.807) is 16.2 Å². The second-order valence-corrected chi connectivity index (χ2v) is 5.40. The molecular formula is C11H17N3OS. The highest BCUT2D eigenvalue weighted by Crippen LogP contribution is 2.37. The van der Waals surface area contributed by atoms with Crippen molar-refractivity contribution in [1.82, 2.24) is 9.88 Å². The molecule has 1 aromatic rings. The first kappa shape index (κ1) is 11.5. The van der Waals surface area contributed by atoms with E-state index >= 15 is 0 Å². The van der Waals surface area contributed by atoms with Gasteiger partial charge < -0.3 is 10.6 Å². The van der Waals surface area contributed by atoms with Crippen molar-refractivity contribution in [2.75, 3.05) is 13.6 Å². The topological polar surface area (TPSA) is 59.2 Å². The molecule has 0 saturated heterocycles. The second kappa shape index (κ2) is 4.51. The maximum Gasteiger partial charge on any atom is 0.236 e. The smallest absolute Gasteiger partial charge is 0.236 e. The first-order valence-corrected chi connectivity index (χ1v) is 6.37. The Morgan fingerprint density at radius 3 is 3.12 bits per heavy atom. The number of hydrogen-bond donors (Lipinski definition) is 1. The molecule has 0 fully saturated rings. The number of amides is 1. The Bertz CT molecular complexity index is 402. The molecule has 88 valence electrons. The van der Waals surface area contributed by atoms with Crippen LogP contribution in [0.3, 0.4) is 0 Å². The van der Waals surface area contributed by atoms with Crippen molar-refractivity contribution in [2.24, 2.45) is 5.73 Å². The molecule has 0 spiro atoms. The number of hydrogen-bond acceptors (Lipinski definition) is 4. The van der Waals surface area contributed by atoms with Gasteiger partial charge in [0.2, 0.25) is 5.91 Å². The number of nitrogens with two attached hydrogens (primary N) is 1. The van der Waals surface area contributed by atoms with E-state index in [0.717, 1.165) is 24.3 Å². The van der Waals surface area contributed by atoms with Gasteiger partial charge in [-0.2, -0.15) is 0 Å². The molecule has 2 N–H and O–H groups in total. The maximum absolute atomic E-state index is 11.6. The summed E-state index contributed by atoms with van der Waals surface area (Å²) in [6, 6.07) is 0.186. The summed E-state index contributed by atoms with van der Waals surface area (Å²) in [5.74, 6) is 0.00361. The first-order valence-electron chi connectivity index (χ1n) is 5.55. The number of carbonyl (C=O) groups is 1. The SMILES string of the molecule is Cc1nc2c(s1)C(N(C)C(=O)CN)CCC2. The zero-order valence-electron chi connectivity index (χ0n) is 9.69. The molecular weight excluding hydrogens is 222 g/mol. The average molecular weight is 239 g/mol. The van der Waals surface area contributed by atoms with E-state index in [1.165, 1.54) is 10.6 Å². The lowest BCUT2D eigenvalue weighted by molar-refractivity contribution is -0.130. The molecule has 1 aromatic heterocycles. The summed E-state index contributed by atoms with van der Waals surface area (Å²) in [7, 11) is 1.84. The van der Waals surface area contributed by atoms with Gasteiger partial charge in [0.05, 0.1) is 28.2 Å². The molecule has 0 saturated carbocycles. The second-order valence-electron chi connectivity index (χ2n) is 4.16. The Hall–Kier alpha value is -0.940. The molecule has 0 aromatic carbocycles. The molecule has 0 aliphatic heterocycles. The van der Waals surface area contributed by atoms with E-state index in [4.69, 9.17) is 5.73 Å². The lowest BCUT2D eigenvalue weighted by Gasteiger charge is -2.30. The van der Waals surface area contributed by atoms with Crippen LogP contribution in [-0.2, 0) is 11.2 Å². The standard InChI is InChI=1S/C11H17N3OS/c1-7-13-8-4-3-5-9(11(8)16-7)14(2)10(15)6-12/h9H,3-6,12H2,1-2H3. The summed E-state index contributed by atoms with van der Waals surface area (Å²) in [6.07, 6.45) is 3.17. The number of carbonyl (C=O) groups excluding carboxylic acids is 1. The molecule has 1 aliphatic carbocycles. The Kier molecular flexibility index (Phi) is 3.25. The number of nitrogens with zero attached hydrogens (tertiary/aromatic N) is 2. The summed E-state index contributed by atoms with van der Waals surface area (Å²) in [4.78, 5) is 19.2. The third-order valence-corrected chi connectivity index (χ3v) is 4.18. The third kappa shape index (κ3) is 1.97. The summed E-state index contributed by atoms with van der Waals surface area (Å²) in [5.41, 5.74) is 6.58. The lowest BCUT2D eigenvalue weighted by Crippen LogP contribution is -2.36. The number of aryl methyl sites for hydroxylation is 2. The predicted molar refractivity (Wildman–Crippen MR) is 64.4 cm³/mol. The monoisotopic (exact) mass is 239 g/mol. The highest BCUT2D eigenvalue weighted by atomic mass is 32.1. The third-order valence-electron chi connectivity index (χ3n) is 3.06. The summed E-state index contributed by atoms with van der Waals surface area (Å²) in [5, 5.41) is 1.09. The van der Waals surface area contributed by atoms with Gasteiger partial charge in [-0.25, -0.2) is 4.98 Å². The fourth-order valence-corrected chi connectivity index (χ4v) is 3.36. The molecule has 16 heavy (non-hydrogen) atoms. The molecule has 1 heterocycles. The highest BCUT2D eigenvalue weighted by molar-refractivity contribution is 7.11. The number of fused-ring (bicyclic) bond motifs is 1. The minimum absolute atomic E-state index is 0.00361. The van der Waals surface area contributed by atoms with Crippen molar-refractivity contribution in [3.05, 3.63) is 15.6 Å². The van der Waals surface area contributed by atoms with Crippen LogP contribution in [0, 0.1) is 6.92 Å². The molecule has 4 nitrogen and oxygen atoms in total. The molecule has 2 rings (SSSR count). The van der Waals surface area contributed by atoms with Crippen LogP contribution in [0.5, 0.6) is 0 Å². The summed E-state index contributed by atoms with van der Waals surface area (Å²) < 4.78 is 0. The Balaban J connectivity index is 2.27. The molecule has 1 unspecified atom stereocenters. The fourth-order valence-electron chi connectivity index (χ4n) is 2.21. The average Bonchev–Trinajstić information content (AvgIpc) is 2.66. The zero-order valence-corrected chi connectivity index (χ0v) is 10.5. The minimum Gasteiger partial charge on any atom is -0.337 e. The largest absolute Gasteiger partial charge is 0.337 e. The Morgan fingerprint density at radius 2 is 2.44 bits per heavy atom. The van der Waals surface area contributed by atoms with Gasteiger partial charge in [-0.05, 0) is 26.2 Å². The lowest BCUT2D eigenvalue weighted by atomic mass is 9.97. The van der Waals surface area contributed by atoms with Crippen molar-refractivity contribution in [1.29, 1.82) is 0 Å². The van der Waals surface area contributed by atoms with Crippen molar-refractivity contribution >= 4 is 17.2 Å². The molecule has 0 radical (unpaired) electrons. The van der Waals surface area contributed by atoms with Crippen LogP contribution in [0.25, 0.3) is 0 Å². The van der Waals surface area contributed by atoms with Crippen LogP contribution in [0.4, 0.5) is 0 Å². The van der Waals surface area contributed by atoms with Crippen molar-refractivity contribution in [3.8, 4) is 0 Å². The number of rotatable bonds is 2. The number of aromatic nitrogens is 1. The van der Waals surface area contributed by atoms with Crippen molar-refractivity contribution in [2.45, 2.75) is 32.2 Å². The van der Waals surface area contributed by atoms with Crippen LogP contribution in [0.1, 0.15) is 34.5 Å². The van der Waals surface area contributed by atoms with Crippen LogP contribution >= 0.6 is 11.3 Å². The van der Waals surface area contributed by atoms with Crippen molar-refractivity contribution < 1.29 is 4.79 Å². The van der Waals surface area contributed by atoms with Gasteiger partial charge in [0.25, 0.3) is 0 Å². The number of likely N-dealkylation sites (N-methyl/N-ethyl adjacent to an activating group) is 1. The molecule has 0 bridgehead atoms. The maximum atomic E-state index is 11.6. The number of thiazole rings is 1. The van der Waals surface area contributed by atoms with E-state index in [1.807, 2.05) is 14.0 Å². The van der Waals surface area contributed by atoms with E-state index in [-0.39, 0.29) is 18.5 Å². The van der Waals surface area contributed by atoms with E-state index in [0.29, 0.717) is 0 Å². The molecule has 5 heteroatoms. The van der Waals surface area contributed by atoms with E-state index in [2.05, 4.69) is 4.98 Å². The van der Waals surface area contributed by atoms with Crippen LogP contribution in [-0.4, -0.2) is 29.4 Å². The molecule has 1 atom stereocenters.